The summed E-state index contributed by atoms with van der Waals surface area (Å²) in [5, 5.41) is 39.9. The molecule has 1 aromatic carbocycles. The van der Waals surface area contributed by atoms with Gasteiger partial charge in [-0.1, -0.05) is 42.0 Å². The maximum absolute atomic E-state index is 10.2. The van der Waals surface area contributed by atoms with E-state index in [-0.39, 0.29) is 25.0 Å². The standard InChI is InChI=1S/C21H29ClO5/c22-15-6-5-7-17(12-15)27-14-16(24)9-10-19-18(20(25)13-21(19)26)8-3-1-2-4-11-23/h1,3,5-7,9-10,12,16,18-21,23-26H,2,4,8,11,13-14H2/b3-1-,10-9+/t16-,18-,19-,20+,21-/m1/s1. The van der Waals surface area contributed by atoms with E-state index < -0.39 is 18.3 Å². The lowest BCUT2D eigenvalue weighted by atomic mass is 9.89. The smallest absolute Gasteiger partial charge is 0.120 e. The molecule has 0 bridgehead atoms. The molecule has 5 nitrogen and oxygen atoms in total. The molecule has 2 rings (SSSR count). The number of aliphatic hydroxyl groups is 4. The Bertz CT molecular complexity index is 618. The molecule has 1 aliphatic carbocycles. The summed E-state index contributed by atoms with van der Waals surface area (Å²) < 4.78 is 5.51. The van der Waals surface area contributed by atoms with Crippen molar-refractivity contribution in [3.63, 3.8) is 0 Å². The van der Waals surface area contributed by atoms with Crippen molar-refractivity contribution in [2.24, 2.45) is 11.8 Å². The van der Waals surface area contributed by atoms with Crippen LogP contribution in [0.1, 0.15) is 25.7 Å². The van der Waals surface area contributed by atoms with Crippen LogP contribution in [0.15, 0.2) is 48.6 Å². The van der Waals surface area contributed by atoms with Gasteiger partial charge in [0, 0.05) is 24.0 Å². The van der Waals surface area contributed by atoms with E-state index in [1.54, 1.807) is 36.4 Å². The molecule has 150 valence electrons. The third-order valence-electron chi connectivity index (χ3n) is 4.79. The van der Waals surface area contributed by atoms with Gasteiger partial charge in [0.15, 0.2) is 0 Å². The summed E-state index contributed by atoms with van der Waals surface area (Å²) in [4.78, 5) is 0. The van der Waals surface area contributed by atoms with Crippen molar-refractivity contribution in [2.75, 3.05) is 13.2 Å². The molecule has 27 heavy (non-hydrogen) atoms. The molecule has 0 unspecified atom stereocenters. The van der Waals surface area contributed by atoms with Gasteiger partial charge in [-0.25, -0.2) is 0 Å². The van der Waals surface area contributed by atoms with Crippen LogP contribution in [0.5, 0.6) is 5.75 Å². The van der Waals surface area contributed by atoms with Crippen molar-refractivity contribution >= 4 is 11.6 Å². The lowest BCUT2D eigenvalue weighted by Crippen LogP contribution is -2.21. The third-order valence-corrected chi connectivity index (χ3v) is 5.03. The SMILES string of the molecule is OCCC/C=C\C[C@@H]1[C@@H](/C=C/[C@@H](O)COc2cccc(Cl)c2)[C@H](O)C[C@@H]1O. The van der Waals surface area contributed by atoms with E-state index in [9.17, 15) is 15.3 Å². The minimum atomic E-state index is -0.824. The molecule has 0 spiro atoms. The number of hydrogen-bond donors (Lipinski definition) is 4. The highest BCUT2D eigenvalue weighted by Crippen LogP contribution is 2.36. The number of allylic oxidation sites excluding steroid dienone is 2. The van der Waals surface area contributed by atoms with Crippen LogP contribution in [0, 0.1) is 11.8 Å². The van der Waals surface area contributed by atoms with E-state index in [4.69, 9.17) is 21.4 Å². The largest absolute Gasteiger partial charge is 0.491 e. The average Bonchev–Trinajstić information content (AvgIpc) is 2.91. The van der Waals surface area contributed by atoms with Gasteiger partial charge in [0.05, 0.1) is 12.2 Å². The Labute approximate surface area is 165 Å². The highest BCUT2D eigenvalue weighted by Gasteiger charge is 2.39. The van der Waals surface area contributed by atoms with E-state index >= 15 is 0 Å². The molecule has 0 aromatic heterocycles. The zero-order valence-electron chi connectivity index (χ0n) is 15.3. The van der Waals surface area contributed by atoms with Gasteiger partial charge in [-0.2, -0.15) is 0 Å². The average molecular weight is 397 g/mol. The van der Waals surface area contributed by atoms with E-state index in [2.05, 4.69) is 0 Å². The third kappa shape index (κ3) is 7.28. The first-order chi connectivity index (χ1) is 13.0. The van der Waals surface area contributed by atoms with Crippen LogP contribution in [0.4, 0.5) is 0 Å². The van der Waals surface area contributed by atoms with E-state index in [1.807, 2.05) is 12.2 Å². The van der Waals surface area contributed by atoms with Gasteiger partial charge in [-0.3, -0.25) is 0 Å². The predicted octanol–water partition coefficient (Wildman–Crippen LogP) is 2.71. The Balaban J connectivity index is 1.86. The molecule has 5 atom stereocenters. The predicted molar refractivity (Wildman–Crippen MR) is 106 cm³/mol. The maximum Gasteiger partial charge on any atom is 0.120 e. The minimum absolute atomic E-state index is 0.0773. The highest BCUT2D eigenvalue weighted by atomic mass is 35.5. The lowest BCUT2D eigenvalue weighted by molar-refractivity contribution is 0.120. The normalized spacial score (nSPS) is 26.9. The fraction of sp³-hybridized carbons (Fsp3) is 0.524. The van der Waals surface area contributed by atoms with E-state index in [1.165, 1.54) is 0 Å². The Morgan fingerprint density at radius 3 is 2.78 bits per heavy atom. The summed E-state index contributed by atoms with van der Waals surface area (Å²) in [5.74, 6) is 0.267. The molecule has 0 heterocycles. The zero-order valence-corrected chi connectivity index (χ0v) is 16.1. The van der Waals surface area contributed by atoms with Crippen LogP contribution in [0.3, 0.4) is 0 Å². The highest BCUT2D eigenvalue weighted by molar-refractivity contribution is 6.30. The second-order valence-electron chi connectivity index (χ2n) is 6.91. The number of unbranched alkanes of at least 4 members (excludes halogenated alkanes) is 1. The summed E-state index contributed by atoms with van der Waals surface area (Å²) in [6.45, 7) is 0.240. The topological polar surface area (TPSA) is 90.2 Å². The first kappa shape index (κ1) is 21.9. The molecule has 0 amide bonds. The number of halogens is 1. The first-order valence-corrected chi connectivity index (χ1v) is 9.75. The zero-order chi connectivity index (χ0) is 19.6. The minimum Gasteiger partial charge on any atom is -0.491 e. The molecular weight excluding hydrogens is 368 g/mol. The molecule has 4 N–H and O–H groups in total. The molecule has 0 aliphatic heterocycles. The summed E-state index contributed by atoms with van der Waals surface area (Å²) in [6.07, 6.45) is 7.82. The Morgan fingerprint density at radius 2 is 2.04 bits per heavy atom. The first-order valence-electron chi connectivity index (χ1n) is 9.38. The van der Waals surface area contributed by atoms with Gasteiger partial charge < -0.3 is 25.2 Å². The monoisotopic (exact) mass is 396 g/mol. The van der Waals surface area contributed by atoms with Gasteiger partial charge in [0.25, 0.3) is 0 Å². The Morgan fingerprint density at radius 1 is 1.22 bits per heavy atom. The van der Waals surface area contributed by atoms with Crippen molar-refractivity contribution < 1.29 is 25.2 Å². The van der Waals surface area contributed by atoms with Crippen molar-refractivity contribution in [3.8, 4) is 5.75 Å². The molecule has 0 radical (unpaired) electrons. The van der Waals surface area contributed by atoms with Crippen LogP contribution in [-0.4, -0.2) is 52.0 Å². The van der Waals surface area contributed by atoms with Gasteiger partial charge in [0.2, 0.25) is 0 Å². The molecular formula is C21H29ClO5. The van der Waals surface area contributed by atoms with Crippen molar-refractivity contribution in [1.29, 1.82) is 0 Å². The van der Waals surface area contributed by atoms with Gasteiger partial charge in [-0.15, -0.1) is 0 Å². The second-order valence-corrected chi connectivity index (χ2v) is 7.34. The van der Waals surface area contributed by atoms with Crippen LogP contribution >= 0.6 is 11.6 Å². The molecule has 1 fully saturated rings. The number of ether oxygens (including phenoxy) is 1. The van der Waals surface area contributed by atoms with Crippen LogP contribution in [0.2, 0.25) is 5.02 Å². The number of rotatable bonds is 10. The van der Waals surface area contributed by atoms with Crippen LogP contribution in [0.25, 0.3) is 0 Å². The summed E-state index contributed by atoms with van der Waals surface area (Å²) in [6, 6.07) is 6.96. The summed E-state index contributed by atoms with van der Waals surface area (Å²) in [7, 11) is 0. The van der Waals surface area contributed by atoms with Crippen LogP contribution < -0.4 is 4.74 Å². The van der Waals surface area contributed by atoms with E-state index in [0.29, 0.717) is 30.0 Å². The van der Waals surface area contributed by atoms with Crippen LogP contribution in [-0.2, 0) is 0 Å². The van der Waals surface area contributed by atoms with E-state index in [0.717, 1.165) is 6.42 Å². The van der Waals surface area contributed by atoms with Gasteiger partial charge in [0.1, 0.15) is 18.5 Å². The fourth-order valence-electron chi connectivity index (χ4n) is 3.34. The fourth-order valence-corrected chi connectivity index (χ4v) is 3.52. The molecule has 1 saturated carbocycles. The Kier molecular flexibility index (Phi) is 9.31. The quantitative estimate of drug-likeness (QED) is 0.360. The Hall–Kier alpha value is -1.37. The number of aliphatic hydroxyl groups excluding tert-OH is 4. The van der Waals surface area contributed by atoms with Crippen molar-refractivity contribution in [3.05, 3.63) is 53.6 Å². The number of benzene rings is 1. The summed E-state index contributed by atoms with van der Waals surface area (Å²) in [5.41, 5.74) is 0. The molecule has 0 saturated heterocycles. The van der Waals surface area contributed by atoms with Gasteiger partial charge in [-0.05, 0) is 43.4 Å². The molecule has 6 heteroatoms. The number of hydrogen-bond acceptors (Lipinski definition) is 5. The molecule has 1 aliphatic rings. The van der Waals surface area contributed by atoms with Crippen molar-refractivity contribution in [1.82, 2.24) is 0 Å². The lowest BCUT2D eigenvalue weighted by Gasteiger charge is -2.19. The molecule has 1 aromatic rings. The second kappa shape index (κ2) is 11.5. The van der Waals surface area contributed by atoms with Gasteiger partial charge >= 0.3 is 0 Å². The van der Waals surface area contributed by atoms with Crippen molar-refractivity contribution in [2.45, 2.75) is 44.0 Å². The summed E-state index contributed by atoms with van der Waals surface area (Å²) >= 11 is 5.90. The maximum atomic E-state index is 10.2.